The lowest BCUT2D eigenvalue weighted by Gasteiger charge is -2.14. The smallest absolute Gasteiger partial charge is 0.326 e. The monoisotopic (exact) mass is 263 g/mol. The van der Waals surface area contributed by atoms with Gasteiger partial charge in [-0.2, -0.15) is 0 Å². The van der Waals surface area contributed by atoms with Crippen LogP contribution in [-0.4, -0.2) is 23.0 Å². The summed E-state index contributed by atoms with van der Waals surface area (Å²) in [6.45, 7) is 5.62. The maximum Gasteiger partial charge on any atom is 0.326 e. The molecular formula is C15H21NO3. The molecule has 2 atom stereocenters. The molecule has 0 saturated carbocycles. The lowest BCUT2D eigenvalue weighted by molar-refractivity contribution is -0.141. The number of carbonyl (C=O) groups excluding carboxylic acids is 1. The third-order valence-electron chi connectivity index (χ3n) is 3.28. The van der Waals surface area contributed by atoms with Crippen LogP contribution in [0.4, 0.5) is 0 Å². The molecule has 4 nitrogen and oxygen atoms in total. The second-order valence-corrected chi connectivity index (χ2v) is 4.85. The highest BCUT2D eigenvalue weighted by atomic mass is 16.4. The van der Waals surface area contributed by atoms with Gasteiger partial charge in [-0.15, -0.1) is 0 Å². The third kappa shape index (κ3) is 4.73. The minimum absolute atomic E-state index is 0.301. The number of carboxylic acids is 1. The van der Waals surface area contributed by atoms with Crippen LogP contribution in [0.5, 0.6) is 0 Å². The number of benzene rings is 1. The molecular weight excluding hydrogens is 242 g/mol. The standard InChI is InChI=1S/C15H21NO3/c1-4-10(2)13-7-5-12(6-8-13)9-14(15(18)19)16-11(3)17/h5-8,10,14H,4,9H2,1-3H3,(H,16,17)(H,18,19). The van der Waals surface area contributed by atoms with Crippen LogP contribution in [0.15, 0.2) is 24.3 Å². The van der Waals surface area contributed by atoms with Crippen molar-refractivity contribution in [3.63, 3.8) is 0 Å². The average Bonchev–Trinajstić information content (AvgIpc) is 2.37. The first-order chi connectivity index (χ1) is 8.93. The van der Waals surface area contributed by atoms with Crippen molar-refractivity contribution in [1.29, 1.82) is 0 Å². The number of nitrogens with one attached hydrogen (secondary N) is 1. The van der Waals surface area contributed by atoms with Crippen LogP contribution in [0.1, 0.15) is 44.2 Å². The number of carbonyl (C=O) groups is 2. The van der Waals surface area contributed by atoms with E-state index in [1.54, 1.807) is 0 Å². The fourth-order valence-corrected chi connectivity index (χ4v) is 1.90. The second kappa shape index (κ2) is 6.92. The Morgan fingerprint density at radius 3 is 2.26 bits per heavy atom. The van der Waals surface area contributed by atoms with Crippen molar-refractivity contribution in [2.45, 2.75) is 45.6 Å². The first-order valence-electron chi connectivity index (χ1n) is 6.52. The van der Waals surface area contributed by atoms with E-state index in [0.717, 1.165) is 12.0 Å². The van der Waals surface area contributed by atoms with Gasteiger partial charge >= 0.3 is 5.97 Å². The third-order valence-corrected chi connectivity index (χ3v) is 3.28. The van der Waals surface area contributed by atoms with Crippen LogP contribution in [-0.2, 0) is 16.0 Å². The summed E-state index contributed by atoms with van der Waals surface area (Å²) in [4.78, 5) is 22.0. The molecule has 0 aromatic heterocycles. The Labute approximate surface area is 113 Å². The fourth-order valence-electron chi connectivity index (χ4n) is 1.90. The van der Waals surface area contributed by atoms with E-state index in [1.165, 1.54) is 12.5 Å². The molecule has 0 radical (unpaired) electrons. The van der Waals surface area contributed by atoms with Crippen LogP contribution in [0.25, 0.3) is 0 Å². The van der Waals surface area contributed by atoms with Crippen LogP contribution in [0, 0.1) is 0 Å². The molecule has 2 unspecified atom stereocenters. The highest BCUT2D eigenvalue weighted by molar-refractivity contribution is 5.82. The molecule has 0 saturated heterocycles. The normalized spacial score (nSPS) is 13.6. The van der Waals surface area contributed by atoms with E-state index in [0.29, 0.717) is 12.3 Å². The van der Waals surface area contributed by atoms with Gasteiger partial charge in [0.25, 0.3) is 0 Å². The SMILES string of the molecule is CCC(C)c1ccc(CC(NC(C)=O)C(=O)O)cc1. The highest BCUT2D eigenvalue weighted by Crippen LogP contribution is 2.19. The molecule has 2 N–H and O–H groups in total. The lowest BCUT2D eigenvalue weighted by atomic mass is 9.96. The molecule has 0 spiro atoms. The summed E-state index contributed by atoms with van der Waals surface area (Å²) in [6.07, 6.45) is 1.37. The van der Waals surface area contributed by atoms with Crippen LogP contribution in [0.3, 0.4) is 0 Å². The zero-order valence-electron chi connectivity index (χ0n) is 11.6. The molecule has 1 aromatic rings. The summed E-state index contributed by atoms with van der Waals surface area (Å²) in [5.74, 6) is -0.843. The van der Waals surface area contributed by atoms with Gasteiger partial charge in [-0.1, -0.05) is 38.1 Å². The van der Waals surface area contributed by atoms with Crippen molar-refractivity contribution in [3.05, 3.63) is 35.4 Å². The molecule has 0 bridgehead atoms. The van der Waals surface area contributed by atoms with Crippen molar-refractivity contribution in [2.24, 2.45) is 0 Å². The van der Waals surface area contributed by atoms with Gasteiger partial charge in [0.15, 0.2) is 0 Å². The lowest BCUT2D eigenvalue weighted by Crippen LogP contribution is -2.41. The van der Waals surface area contributed by atoms with Gasteiger partial charge in [0, 0.05) is 13.3 Å². The summed E-state index contributed by atoms with van der Waals surface area (Å²) in [7, 11) is 0. The number of aliphatic carboxylic acids is 1. The Bertz CT molecular complexity index is 439. The van der Waals surface area contributed by atoms with Gasteiger partial charge in [0.2, 0.25) is 5.91 Å². The van der Waals surface area contributed by atoms with Gasteiger partial charge < -0.3 is 10.4 Å². The average molecular weight is 263 g/mol. The maximum absolute atomic E-state index is 11.0. The zero-order chi connectivity index (χ0) is 14.4. The van der Waals surface area contributed by atoms with Crippen molar-refractivity contribution < 1.29 is 14.7 Å². The Morgan fingerprint density at radius 1 is 1.26 bits per heavy atom. The van der Waals surface area contributed by atoms with Gasteiger partial charge in [-0.3, -0.25) is 4.79 Å². The van der Waals surface area contributed by atoms with Crippen LogP contribution >= 0.6 is 0 Å². The fraction of sp³-hybridized carbons (Fsp3) is 0.467. The summed E-state index contributed by atoms with van der Waals surface area (Å²) in [6, 6.07) is 7.04. The van der Waals surface area contributed by atoms with Gasteiger partial charge in [0.1, 0.15) is 6.04 Å². The quantitative estimate of drug-likeness (QED) is 0.827. The minimum Gasteiger partial charge on any atom is -0.480 e. The van der Waals surface area contributed by atoms with Crippen molar-refractivity contribution >= 4 is 11.9 Å². The zero-order valence-corrected chi connectivity index (χ0v) is 11.6. The molecule has 0 aliphatic rings. The highest BCUT2D eigenvalue weighted by Gasteiger charge is 2.18. The van der Waals surface area contributed by atoms with E-state index < -0.39 is 12.0 Å². The number of hydrogen-bond donors (Lipinski definition) is 2. The summed E-state index contributed by atoms with van der Waals surface area (Å²) in [5, 5.41) is 11.5. The van der Waals surface area contributed by atoms with Crippen LogP contribution in [0.2, 0.25) is 0 Å². The van der Waals surface area contributed by atoms with Crippen LogP contribution < -0.4 is 5.32 Å². The van der Waals surface area contributed by atoms with E-state index in [2.05, 4.69) is 19.2 Å². The Kier molecular flexibility index (Phi) is 5.55. The summed E-state index contributed by atoms with van der Waals surface area (Å²) in [5.41, 5.74) is 2.16. The minimum atomic E-state index is -1.01. The second-order valence-electron chi connectivity index (χ2n) is 4.85. The Hall–Kier alpha value is -1.84. The molecule has 0 heterocycles. The molecule has 0 aliphatic carbocycles. The number of amides is 1. The first kappa shape index (κ1) is 15.2. The molecule has 19 heavy (non-hydrogen) atoms. The molecule has 1 rings (SSSR count). The predicted octanol–water partition coefficient (Wildman–Crippen LogP) is 2.33. The molecule has 4 heteroatoms. The van der Waals surface area contributed by atoms with E-state index >= 15 is 0 Å². The Balaban J connectivity index is 2.75. The van der Waals surface area contributed by atoms with E-state index in [-0.39, 0.29) is 5.91 Å². The van der Waals surface area contributed by atoms with Gasteiger partial charge in [-0.05, 0) is 23.5 Å². The van der Waals surface area contributed by atoms with Crippen molar-refractivity contribution in [1.82, 2.24) is 5.32 Å². The number of hydrogen-bond acceptors (Lipinski definition) is 2. The number of carboxylic acid groups (broad SMARTS) is 1. The van der Waals surface area contributed by atoms with Gasteiger partial charge in [0.05, 0.1) is 0 Å². The van der Waals surface area contributed by atoms with Crippen molar-refractivity contribution in [3.8, 4) is 0 Å². The summed E-state index contributed by atoms with van der Waals surface area (Å²) < 4.78 is 0. The topological polar surface area (TPSA) is 66.4 Å². The van der Waals surface area contributed by atoms with Crippen molar-refractivity contribution in [2.75, 3.05) is 0 Å². The molecule has 1 aromatic carbocycles. The van der Waals surface area contributed by atoms with E-state index in [1.807, 2.05) is 24.3 Å². The van der Waals surface area contributed by atoms with E-state index in [9.17, 15) is 9.59 Å². The maximum atomic E-state index is 11.0. The summed E-state index contributed by atoms with van der Waals surface area (Å²) >= 11 is 0. The number of rotatable bonds is 6. The first-order valence-corrected chi connectivity index (χ1v) is 6.52. The molecule has 0 aliphatic heterocycles. The molecule has 104 valence electrons. The Morgan fingerprint density at radius 2 is 1.84 bits per heavy atom. The van der Waals surface area contributed by atoms with E-state index in [4.69, 9.17) is 5.11 Å². The molecule has 0 fully saturated rings. The predicted molar refractivity (Wildman–Crippen MR) is 74.1 cm³/mol. The molecule has 1 amide bonds. The largest absolute Gasteiger partial charge is 0.480 e. The van der Waals surface area contributed by atoms with Gasteiger partial charge in [-0.25, -0.2) is 4.79 Å².